The van der Waals surface area contributed by atoms with E-state index in [0.717, 1.165) is 29.8 Å². The second-order valence-electron chi connectivity index (χ2n) is 7.15. The molecule has 1 aliphatic heterocycles. The van der Waals surface area contributed by atoms with E-state index in [1.54, 1.807) is 26.4 Å². The molecule has 3 rings (SSSR count). The van der Waals surface area contributed by atoms with Gasteiger partial charge in [-0.15, -0.1) is 0 Å². The number of hydrogen-bond acceptors (Lipinski definition) is 4. The third-order valence-electron chi connectivity index (χ3n) is 5.16. The molecule has 29 heavy (non-hydrogen) atoms. The Labute approximate surface area is 171 Å². The molecular formula is C23H27FN2O3. The number of rotatable bonds is 7. The fourth-order valence-electron chi connectivity index (χ4n) is 3.40. The van der Waals surface area contributed by atoms with Crippen molar-refractivity contribution in [2.75, 3.05) is 27.3 Å². The van der Waals surface area contributed by atoms with Crippen molar-refractivity contribution in [1.29, 1.82) is 0 Å². The van der Waals surface area contributed by atoms with Crippen molar-refractivity contribution in [3.05, 3.63) is 71.1 Å². The molecule has 0 spiro atoms. The predicted octanol–water partition coefficient (Wildman–Crippen LogP) is 3.85. The standard InChI is InChI=1S/C23H27FN2O3/c1-16(19-6-9-21(28-2)22(14-19)29-3)25-23(27)18-10-12-26(13-11-18)15-17-4-7-20(24)8-5-17/h4-10,14,16H,11-13,15H2,1-3H3,(H,25,27)/t16-/m1/s1. The molecule has 0 fully saturated rings. The summed E-state index contributed by atoms with van der Waals surface area (Å²) >= 11 is 0. The summed E-state index contributed by atoms with van der Waals surface area (Å²) in [6.07, 6.45) is 2.66. The third-order valence-corrected chi connectivity index (χ3v) is 5.16. The monoisotopic (exact) mass is 398 g/mol. The molecule has 0 saturated carbocycles. The summed E-state index contributed by atoms with van der Waals surface area (Å²) < 4.78 is 23.6. The van der Waals surface area contributed by atoms with E-state index in [-0.39, 0.29) is 17.8 Å². The second-order valence-corrected chi connectivity index (χ2v) is 7.15. The Bertz CT molecular complexity index is 880. The molecule has 1 heterocycles. The topological polar surface area (TPSA) is 50.8 Å². The van der Waals surface area contributed by atoms with E-state index in [1.807, 2.05) is 31.2 Å². The van der Waals surface area contributed by atoms with Crippen molar-refractivity contribution in [1.82, 2.24) is 10.2 Å². The van der Waals surface area contributed by atoms with Gasteiger partial charge >= 0.3 is 0 Å². The molecule has 2 aromatic carbocycles. The van der Waals surface area contributed by atoms with Gasteiger partial charge in [-0.2, -0.15) is 0 Å². The number of hydrogen-bond donors (Lipinski definition) is 1. The van der Waals surface area contributed by atoms with Gasteiger partial charge in [-0.1, -0.05) is 24.3 Å². The fraction of sp³-hybridized carbons (Fsp3) is 0.348. The number of amides is 1. The van der Waals surface area contributed by atoms with Crippen LogP contribution >= 0.6 is 0 Å². The van der Waals surface area contributed by atoms with Gasteiger partial charge in [0.25, 0.3) is 0 Å². The van der Waals surface area contributed by atoms with Gasteiger partial charge in [-0.3, -0.25) is 9.69 Å². The smallest absolute Gasteiger partial charge is 0.247 e. The highest BCUT2D eigenvalue weighted by molar-refractivity contribution is 5.93. The molecule has 0 unspecified atom stereocenters. The first-order valence-electron chi connectivity index (χ1n) is 9.68. The molecule has 5 nitrogen and oxygen atoms in total. The molecule has 0 aromatic heterocycles. The Balaban J connectivity index is 1.57. The van der Waals surface area contributed by atoms with Crippen LogP contribution in [0, 0.1) is 5.82 Å². The van der Waals surface area contributed by atoms with Crippen LogP contribution in [0.3, 0.4) is 0 Å². The maximum Gasteiger partial charge on any atom is 0.247 e. The van der Waals surface area contributed by atoms with Crippen LogP contribution in [0.5, 0.6) is 11.5 Å². The van der Waals surface area contributed by atoms with E-state index in [4.69, 9.17) is 9.47 Å². The molecule has 0 saturated heterocycles. The maximum atomic E-state index is 13.0. The van der Waals surface area contributed by atoms with Crippen molar-refractivity contribution in [3.8, 4) is 11.5 Å². The highest BCUT2D eigenvalue weighted by atomic mass is 19.1. The minimum Gasteiger partial charge on any atom is -0.493 e. The Morgan fingerprint density at radius 1 is 1.14 bits per heavy atom. The van der Waals surface area contributed by atoms with Crippen molar-refractivity contribution in [2.45, 2.75) is 25.9 Å². The quantitative estimate of drug-likeness (QED) is 0.770. The van der Waals surface area contributed by atoms with Gasteiger partial charge in [-0.25, -0.2) is 4.39 Å². The average Bonchev–Trinajstić information content (AvgIpc) is 2.75. The van der Waals surface area contributed by atoms with Crippen molar-refractivity contribution in [2.24, 2.45) is 0 Å². The zero-order valence-electron chi connectivity index (χ0n) is 17.1. The summed E-state index contributed by atoms with van der Waals surface area (Å²) in [7, 11) is 3.19. The van der Waals surface area contributed by atoms with Gasteiger partial charge in [0, 0.05) is 25.2 Å². The molecule has 0 aliphatic carbocycles. The summed E-state index contributed by atoms with van der Waals surface area (Å²) in [5.74, 6) is 1.02. The first-order valence-corrected chi connectivity index (χ1v) is 9.68. The lowest BCUT2D eigenvalue weighted by Crippen LogP contribution is -2.34. The summed E-state index contributed by atoms with van der Waals surface area (Å²) in [6.45, 7) is 4.18. The zero-order valence-corrected chi connectivity index (χ0v) is 17.1. The first-order chi connectivity index (χ1) is 14.0. The van der Waals surface area contributed by atoms with Crippen LogP contribution < -0.4 is 14.8 Å². The van der Waals surface area contributed by atoms with Crippen molar-refractivity contribution >= 4 is 5.91 Å². The van der Waals surface area contributed by atoms with Gasteiger partial charge in [-0.05, 0) is 48.7 Å². The van der Waals surface area contributed by atoms with E-state index >= 15 is 0 Å². The highest BCUT2D eigenvalue weighted by Crippen LogP contribution is 2.30. The molecule has 0 radical (unpaired) electrons. The number of nitrogens with one attached hydrogen (secondary N) is 1. The van der Waals surface area contributed by atoms with Crippen LogP contribution in [0.15, 0.2) is 54.1 Å². The molecular weight excluding hydrogens is 371 g/mol. The molecule has 6 heteroatoms. The largest absolute Gasteiger partial charge is 0.493 e. The van der Waals surface area contributed by atoms with E-state index in [0.29, 0.717) is 24.5 Å². The van der Waals surface area contributed by atoms with Gasteiger partial charge in [0.15, 0.2) is 11.5 Å². The zero-order chi connectivity index (χ0) is 20.8. The minimum absolute atomic E-state index is 0.0475. The minimum atomic E-state index is -0.227. The number of carbonyl (C=O) groups excluding carboxylic acids is 1. The molecule has 1 atom stereocenters. The number of benzene rings is 2. The van der Waals surface area contributed by atoms with Crippen LogP contribution in [0.25, 0.3) is 0 Å². The lowest BCUT2D eigenvalue weighted by atomic mass is 10.0. The Morgan fingerprint density at radius 3 is 2.48 bits per heavy atom. The summed E-state index contributed by atoms with van der Waals surface area (Å²) in [5, 5.41) is 3.06. The fourth-order valence-corrected chi connectivity index (χ4v) is 3.40. The number of ether oxygens (including phenoxy) is 2. The molecule has 0 bridgehead atoms. The molecule has 1 aliphatic rings. The SMILES string of the molecule is COc1ccc([C@@H](C)NC(=O)C2=CCN(Cc3ccc(F)cc3)CC2)cc1OC. The Hall–Kier alpha value is -2.86. The number of methoxy groups -OCH3 is 2. The number of carbonyl (C=O) groups is 1. The Kier molecular flexibility index (Phi) is 6.88. The number of halogens is 1. The van der Waals surface area contributed by atoms with E-state index in [1.165, 1.54) is 12.1 Å². The third kappa shape index (κ3) is 5.35. The lowest BCUT2D eigenvalue weighted by molar-refractivity contribution is -0.118. The van der Waals surface area contributed by atoms with Gasteiger partial charge in [0.1, 0.15) is 5.82 Å². The van der Waals surface area contributed by atoms with Crippen molar-refractivity contribution < 1.29 is 18.7 Å². The summed E-state index contributed by atoms with van der Waals surface area (Å²) in [5.41, 5.74) is 2.81. The first kappa shape index (κ1) is 20.9. The number of nitrogens with zero attached hydrogens (tertiary/aromatic N) is 1. The lowest BCUT2D eigenvalue weighted by Gasteiger charge is -2.26. The predicted molar refractivity (Wildman–Crippen MR) is 110 cm³/mol. The van der Waals surface area contributed by atoms with E-state index in [2.05, 4.69) is 10.2 Å². The van der Waals surface area contributed by atoms with Crippen LogP contribution in [0.2, 0.25) is 0 Å². The average molecular weight is 398 g/mol. The van der Waals surface area contributed by atoms with E-state index in [9.17, 15) is 9.18 Å². The summed E-state index contributed by atoms with van der Waals surface area (Å²) in [4.78, 5) is 14.9. The second kappa shape index (κ2) is 9.56. The molecule has 2 aromatic rings. The Morgan fingerprint density at radius 2 is 1.86 bits per heavy atom. The van der Waals surface area contributed by atoms with Crippen molar-refractivity contribution in [3.63, 3.8) is 0 Å². The van der Waals surface area contributed by atoms with Gasteiger partial charge < -0.3 is 14.8 Å². The normalized spacial score (nSPS) is 15.4. The maximum absolute atomic E-state index is 13.0. The van der Waals surface area contributed by atoms with Crippen LogP contribution in [-0.2, 0) is 11.3 Å². The summed E-state index contributed by atoms with van der Waals surface area (Å²) in [6, 6.07) is 12.0. The van der Waals surface area contributed by atoms with Crippen LogP contribution in [-0.4, -0.2) is 38.1 Å². The molecule has 1 N–H and O–H groups in total. The van der Waals surface area contributed by atoms with Gasteiger partial charge in [0.05, 0.1) is 20.3 Å². The van der Waals surface area contributed by atoms with Crippen LogP contribution in [0.1, 0.15) is 30.5 Å². The van der Waals surface area contributed by atoms with Gasteiger partial charge in [0.2, 0.25) is 5.91 Å². The van der Waals surface area contributed by atoms with E-state index < -0.39 is 0 Å². The van der Waals surface area contributed by atoms with Crippen LogP contribution in [0.4, 0.5) is 4.39 Å². The molecule has 1 amide bonds. The molecule has 154 valence electrons. The highest BCUT2D eigenvalue weighted by Gasteiger charge is 2.19.